The number of carbonyl (C=O) groups is 5. The predicted octanol–water partition coefficient (Wildman–Crippen LogP) is 17.4. The number of nitrogens with zero attached hydrogens (tertiary/aromatic N) is 14. The molecule has 8 atom stereocenters. The van der Waals surface area contributed by atoms with Gasteiger partial charge in [0.25, 0.3) is 0 Å². The van der Waals surface area contributed by atoms with E-state index in [0.717, 1.165) is 118 Å². The van der Waals surface area contributed by atoms with Crippen LogP contribution in [0.3, 0.4) is 0 Å². The van der Waals surface area contributed by atoms with Crippen molar-refractivity contribution in [2.24, 2.45) is 71.4 Å². The van der Waals surface area contributed by atoms with Crippen LogP contribution in [0.4, 0.5) is 4.39 Å². The molecule has 0 spiro atoms. The zero-order chi connectivity index (χ0) is 97.8. The standard InChI is InChI=1S/C26H24N4OS.C22H17FN4OS.C21H19N5OS.C19H21N3O2S.C18H19N3O2/c1-26(23-15-21(17-32-23)20-12-6-11-19(14-20)16-27)22(24(31)30(2)25(28)29-26)13-7-10-18-8-4-3-5-9-18;1-27-20(28)11-22(26-21(27)25,17-5-3-2-4-6-17)19-10-16(13-29-19)14-7-8-18(23)15(9-14)12-24;1-20(16-8-7-15(11-22)28-16)17(18(27)26(2)19(24)25-20)13-3-5-14(6-4-13)21(12-23)9-10-21;1-19(16(11-6-7-11)17(24)22(2)18(20)21-19)15-9-13(10-25-15)12-4-3-5-14(23)8-12;1-18(11-16(23)21(2)17(19)20-18)14-7-3-5-12(9-14)13-6-4-8-15(22)10-13/h3-12,14-15,17,22H,13H2,1-2H3,(H2,28,29);2-10,13H,11H2,1H3,(H2,25,26);3-8,17H,9-10H2,1-2H3,(H2,24,25);3-5,8-11,16,23H,6-7H2,1-2H3,(H2,20,21);3-10,22H,11H2,1-2H3,(H2,19,20)/b10-7+;;;;/t22?,26-;;17-,20+;16-,19-;18-/m0.010/s1. The second-order valence-electron chi connectivity index (χ2n) is 35.5. The molecule has 2 unspecified atom stereocenters. The largest absolute Gasteiger partial charge is 0.508 e. The van der Waals surface area contributed by atoms with Gasteiger partial charge in [-0.15, -0.1) is 45.3 Å². The van der Waals surface area contributed by atoms with Crippen molar-refractivity contribution in [1.82, 2.24) is 24.5 Å². The molecule has 5 amide bonds. The van der Waals surface area contributed by atoms with Crippen LogP contribution in [0.15, 0.2) is 278 Å². The summed E-state index contributed by atoms with van der Waals surface area (Å²) in [6.07, 6.45) is 8.92. The highest BCUT2D eigenvalue weighted by molar-refractivity contribution is 7.12. The molecule has 7 aliphatic rings. The smallest absolute Gasteiger partial charge is 0.239 e. The summed E-state index contributed by atoms with van der Waals surface area (Å²) in [4.78, 5) is 98.8. The van der Waals surface area contributed by atoms with Gasteiger partial charge in [0.2, 0.25) is 29.5 Å². The van der Waals surface area contributed by atoms with Crippen LogP contribution in [0, 0.1) is 68.9 Å². The van der Waals surface area contributed by atoms with Gasteiger partial charge in [-0.05, 0) is 239 Å². The van der Waals surface area contributed by atoms with Crippen molar-refractivity contribution in [3.05, 3.63) is 322 Å². The molecule has 8 aromatic carbocycles. The maximum atomic E-state index is 13.7. The fraction of sp³-hybridized carbons (Fsp3) is 0.245. The zero-order valence-corrected chi connectivity index (χ0v) is 79.9. The minimum atomic E-state index is -0.921. The van der Waals surface area contributed by atoms with Crippen LogP contribution in [-0.4, -0.2) is 129 Å². The van der Waals surface area contributed by atoms with Crippen LogP contribution >= 0.6 is 45.3 Å². The summed E-state index contributed by atoms with van der Waals surface area (Å²) in [6.45, 7) is 7.79. The Balaban J connectivity index is 0.000000131. The summed E-state index contributed by atoms with van der Waals surface area (Å²) >= 11 is 5.94. The lowest BCUT2D eigenvalue weighted by Gasteiger charge is -2.40. The summed E-state index contributed by atoms with van der Waals surface area (Å²) in [7, 11) is 8.22. The van der Waals surface area contributed by atoms with E-state index in [1.165, 1.54) is 59.3 Å². The first-order chi connectivity index (χ1) is 65.5. The molecule has 12 N–H and O–H groups in total. The maximum Gasteiger partial charge on any atom is 0.239 e. The predicted molar refractivity (Wildman–Crippen MR) is 536 cm³/mol. The van der Waals surface area contributed by atoms with E-state index in [4.69, 9.17) is 48.9 Å². The van der Waals surface area contributed by atoms with Crippen LogP contribution in [0.1, 0.15) is 142 Å². The van der Waals surface area contributed by atoms with Crippen LogP contribution in [0.2, 0.25) is 0 Å². The Kier molecular flexibility index (Phi) is 27.5. The number of halogens is 1. The molecule has 0 radical (unpaired) electrons. The second kappa shape index (κ2) is 39.2. The van der Waals surface area contributed by atoms with E-state index in [1.807, 2.05) is 220 Å². The van der Waals surface area contributed by atoms with Crippen LogP contribution in [0.5, 0.6) is 11.5 Å². The molecule has 2 fully saturated rings. The van der Waals surface area contributed by atoms with Gasteiger partial charge in [-0.1, -0.05) is 158 Å². The lowest BCUT2D eigenvalue weighted by Crippen LogP contribution is -2.54. The summed E-state index contributed by atoms with van der Waals surface area (Å²) in [5.41, 5.74) is 38.5. The van der Waals surface area contributed by atoms with Gasteiger partial charge >= 0.3 is 0 Å². The van der Waals surface area contributed by atoms with Gasteiger partial charge in [0.1, 0.15) is 56.5 Å². The molecule has 4 aromatic heterocycles. The fourth-order valence-corrected chi connectivity index (χ4v) is 21.9. The van der Waals surface area contributed by atoms with E-state index >= 15 is 0 Å². The molecule has 31 heteroatoms. The number of allylic oxidation sites excluding steroid dienone is 1. The zero-order valence-electron chi connectivity index (χ0n) is 76.7. The molecule has 2 saturated carbocycles. The number of aliphatic imine (C=N–C) groups is 5. The van der Waals surface area contributed by atoms with Crippen LogP contribution in [-0.2, 0) is 57.1 Å². The highest BCUT2D eigenvalue weighted by atomic mass is 32.1. The molecule has 5 aliphatic heterocycles. The van der Waals surface area contributed by atoms with E-state index in [0.29, 0.717) is 22.8 Å². The lowest BCUT2D eigenvalue weighted by molar-refractivity contribution is -0.135. The van der Waals surface area contributed by atoms with Gasteiger partial charge in [0, 0.05) is 54.7 Å². The number of rotatable bonds is 16. The van der Waals surface area contributed by atoms with Gasteiger partial charge in [-0.3, -0.25) is 48.5 Å². The summed E-state index contributed by atoms with van der Waals surface area (Å²) in [5, 5.41) is 62.3. The highest BCUT2D eigenvalue weighted by Gasteiger charge is 2.55. The van der Waals surface area contributed by atoms with E-state index in [-0.39, 0.29) is 106 Å². The maximum absolute atomic E-state index is 13.7. The Labute approximate surface area is 809 Å². The molecule has 12 aromatic rings. The number of aromatic hydroxyl groups is 2. The first kappa shape index (κ1) is 96.1. The number of likely N-dealkylation sites (N-methyl/N-ethyl adjacent to an activating group) is 1. The van der Waals surface area contributed by atoms with Gasteiger partial charge in [-0.25, -0.2) is 29.4 Å². The quantitative estimate of drug-likeness (QED) is 0.0472. The fourth-order valence-electron chi connectivity index (χ4n) is 17.7. The van der Waals surface area contributed by atoms with Crippen molar-refractivity contribution in [2.75, 3.05) is 35.2 Å². The Morgan fingerprint density at radius 2 is 0.942 bits per heavy atom. The number of phenolic OH excluding ortho intramolecular Hbond substituents is 2. The van der Waals surface area contributed by atoms with Gasteiger partial charge in [0.15, 0.2) is 29.8 Å². The number of phenols is 2. The number of hydrogen-bond acceptors (Lipinski definition) is 25. The number of guanidine groups is 5. The van der Waals surface area contributed by atoms with E-state index < -0.39 is 39.4 Å². The number of thiophene rings is 4. The Morgan fingerprint density at radius 1 is 0.445 bits per heavy atom. The lowest BCUT2D eigenvalue weighted by atomic mass is 9.77. The van der Waals surface area contributed by atoms with Crippen LogP contribution in [0.25, 0.3) is 50.6 Å². The highest BCUT2D eigenvalue weighted by Crippen LogP contribution is 2.54. The molecular weight excluding hydrogens is 1800 g/mol. The van der Waals surface area contributed by atoms with Crippen molar-refractivity contribution in [3.8, 4) is 80.3 Å². The number of amides is 5. The number of nitriles is 4. The molecule has 2 aliphatic carbocycles. The van der Waals surface area contributed by atoms with Crippen molar-refractivity contribution in [3.63, 3.8) is 0 Å². The number of benzene rings is 8. The molecule has 137 heavy (non-hydrogen) atoms. The van der Waals surface area contributed by atoms with Crippen molar-refractivity contribution < 1.29 is 38.6 Å². The summed E-state index contributed by atoms with van der Waals surface area (Å²) in [5.74, 6) is -0.0763. The Hall–Kier alpha value is -15.5. The molecule has 692 valence electrons. The third kappa shape index (κ3) is 19.6. The minimum Gasteiger partial charge on any atom is -0.508 e. The van der Waals surface area contributed by atoms with Gasteiger partial charge in [-0.2, -0.15) is 21.0 Å². The average Bonchev–Trinajstić information content (AvgIpc) is 1.54. The molecule has 19 rings (SSSR count). The average molecular weight is 1900 g/mol. The molecule has 9 heterocycles. The number of hydrogen-bond donors (Lipinski definition) is 7. The third-order valence-corrected chi connectivity index (χ3v) is 30.9. The second-order valence-corrected chi connectivity index (χ2v) is 39.3. The summed E-state index contributed by atoms with van der Waals surface area (Å²) < 4.78 is 13.7. The summed E-state index contributed by atoms with van der Waals surface area (Å²) in [6, 6.07) is 79.6. The molecule has 26 nitrogen and oxygen atoms in total. The molecule has 0 bridgehead atoms. The Bertz CT molecular complexity index is 7070. The van der Waals surface area contributed by atoms with Gasteiger partial charge < -0.3 is 38.9 Å². The molecule has 0 saturated heterocycles. The van der Waals surface area contributed by atoms with Crippen molar-refractivity contribution in [2.45, 2.75) is 112 Å². The van der Waals surface area contributed by atoms with E-state index in [9.17, 15) is 54.4 Å². The van der Waals surface area contributed by atoms with Gasteiger partial charge in [0.05, 0.1) is 64.8 Å². The van der Waals surface area contributed by atoms with Crippen molar-refractivity contribution >= 4 is 111 Å². The third-order valence-electron chi connectivity index (χ3n) is 26.3. The first-order valence-electron chi connectivity index (χ1n) is 44.1. The van der Waals surface area contributed by atoms with Crippen molar-refractivity contribution in [1.29, 1.82) is 21.0 Å². The number of carbonyl (C=O) groups excluding carboxylic acids is 5. The van der Waals surface area contributed by atoms with E-state index in [2.05, 4.69) is 40.3 Å². The monoisotopic (exact) mass is 1900 g/mol. The van der Waals surface area contributed by atoms with Crippen LogP contribution < -0.4 is 28.7 Å². The first-order valence-corrected chi connectivity index (χ1v) is 47.5. The SMILES string of the molecule is CN1C(=O)C(C/C=C/c2ccccc2)[C@@](C)(c2cc(-c3cccc(C#N)c3)cs2)N=C1N.CN1C(=O)CC(c2ccccc2)(c2cc(-c3ccc(F)c(C#N)c3)cs2)N=C1N.CN1C(=O)C[C@@](C)(c2cccc(-c3cccc(O)c3)c2)N=C1N.CN1C(=O)[C@@H](C2CC2)[C@@](C)(c2cc(-c3cccc(O)c3)cs2)N=C1N.CN1C(=O)[C@H](c2ccc(C3(C#N)CC3)cc2)[C@@](C)(c2ccc(C#N)s2)N=C1N. The minimum absolute atomic E-state index is 0.00948. The topological polar surface area (TPSA) is 429 Å². The number of nitrogens with two attached hydrogens (primary N) is 5. The molecular formula is C106H100FN19O7S4. The Morgan fingerprint density at radius 3 is 1.50 bits per heavy atom. The van der Waals surface area contributed by atoms with E-state index in [1.54, 1.807) is 106 Å². The normalized spacial score (nSPS) is 22.6.